The van der Waals surface area contributed by atoms with Gasteiger partial charge < -0.3 is 10.6 Å². The van der Waals surface area contributed by atoms with Crippen molar-refractivity contribution in [1.29, 1.82) is 0 Å². The third kappa shape index (κ3) is 3.53. The minimum Gasteiger partial charge on any atom is -0.348 e. The molecule has 0 radical (unpaired) electrons. The summed E-state index contributed by atoms with van der Waals surface area (Å²) in [6.45, 7) is 1.80. The molecule has 1 saturated heterocycles. The highest BCUT2D eigenvalue weighted by Gasteiger charge is 2.15. The molecule has 1 heterocycles. The maximum Gasteiger partial charge on any atom is 0.251 e. The van der Waals surface area contributed by atoms with Gasteiger partial charge in [-0.2, -0.15) is 0 Å². The standard InChI is InChI=1S/C13H17FN2O/c14-11-5-3-4-10(8-11)13(17)16-12-6-1-2-7-15-9-12/h3-5,8,12,15H,1-2,6-7,9H2,(H,16,17). The Morgan fingerprint density at radius 2 is 2.29 bits per heavy atom. The van der Waals surface area contributed by atoms with E-state index in [1.54, 1.807) is 12.1 Å². The van der Waals surface area contributed by atoms with Crippen molar-refractivity contribution in [2.24, 2.45) is 0 Å². The maximum atomic E-state index is 13.0. The highest BCUT2D eigenvalue weighted by molar-refractivity contribution is 5.94. The average Bonchev–Trinajstić information content (AvgIpc) is 2.57. The van der Waals surface area contributed by atoms with Gasteiger partial charge in [-0.05, 0) is 37.6 Å². The lowest BCUT2D eigenvalue weighted by atomic mass is 10.1. The molecule has 3 nitrogen and oxygen atoms in total. The molecular formula is C13H17FN2O. The van der Waals surface area contributed by atoms with E-state index in [4.69, 9.17) is 0 Å². The number of carbonyl (C=O) groups is 1. The predicted octanol–water partition coefficient (Wildman–Crippen LogP) is 1.70. The highest BCUT2D eigenvalue weighted by atomic mass is 19.1. The maximum absolute atomic E-state index is 13.0. The Bertz CT molecular complexity index is 387. The summed E-state index contributed by atoms with van der Waals surface area (Å²) in [7, 11) is 0. The van der Waals surface area contributed by atoms with Gasteiger partial charge >= 0.3 is 0 Å². The molecule has 92 valence electrons. The van der Waals surface area contributed by atoms with Gasteiger partial charge in [0, 0.05) is 18.2 Å². The van der Waals surface area contributed by atoms with E-state index in [0.717, 1.165) is 32.4 Å². The first-order valence-corrected chi connectivity index (χ1v) is 6.03. The fourth-order valence-corrected chi connectivity index (χ4v) is 2.04. The first-order valence-electron chi connectivity index (χ1n) is 6.03. The number of nitrogens with one attached hydrogen (secondary N) is 2. The van der Waals surface area contributed by atoms with Crippen LogP contribution in [0.15, 0.2) is 24.3 Å². The molecule has 1 fully saturated rings. The Balaban J connectivity index is 1.96. The van der Waals surface area contributed by atoms with Gasteiger partial charge in [0.1, 0.15) is 5.82 Å². The van der Waals surface area contributed by atoms with Crippen molar-refractivity contribution in [2.75, 3.05) is 13.1 Å². The minimum atomic E-state index is -0.378. The van der Waals surface area contributed by atoms with Crippen molar-refractivity contribution < 1.29 is 9.18 Å². The normalized spacial score (nSPS) is 20.6. The highest BCUT2D eigenvalue weighted by Crippen LogP contribution is 2.07. The number of hydrogen-bond acceptors (Lipinski definition) is 2. The molecule has 0 bridgehead atoms. The topological polar surface area (TPSA) is 41.1 Å². The van der Waals surface area contributed by atoms with Crippen LogP contribution in [0.5, 0.6) is 0 Å². The quantitative estimate of drug-likeness (QED) is 0.820. The number of halogens is 1. The summed E-state index contributed by atoms with van der Waals surface area (Å²) < 4.78 is 13.0. The van der Waals surface area contributed by atoms with Gasteiger partial charge in [0.05, 0.1) is 0 Å². The van der Waals surface area contributed by atoms with Gasteiger partial charge in [-0.1, -0.05) is 12.5 Å². The molecule has 1 atom stereocenters. The second-order valence-electron chi connectivity index (χ2n) is 4.38. The molecule has 4 heteroatoms. The van der Waals surface area contributed by atoms with Gasteiger partial charge in [-0.25, -0.2) is 4.39 Å². The monoisotopic (exact) mass is 236 g/mol. The van der Waals surface area contributed by atoms with E-state index in [2.05, 4.69) is 10.6 Å². The largest absolute Gasteiger partial charge is 0.348 e. The van der Waals surface area contributed by atoms with Gasteiger partial charge in [0.25, 0.3) is 5.91 Å². The Hall–Kier alpha value is -1.42. The molecule has 0 spiro atoms. The lowest BCUT2D eigenvalue weighted by Gasteiger charge is -2.16. The zero-order valence-electron chi connectivity index (χ0n) is 9.71. The van der Waals surface area contributed by atoms with E-state index in [9.17, 15) is 9.18 Å². The molecule has 1 unspecified atom stereocenters. The van der Waals surface area contributed by atoms with Crippen molar-refractivity contribution in [2.45, 2.75) is 25.3 Å². The number of benzene rings is 1. The molecule has 0 saturated carbocycles. The molecule has 2 rings (SSSR count). The zero-order valence-corrected chi connectivity index (χ0v) is 9.71. The number of rotatable bonds is 2. The zero-order chi connectivity index (χ0) is 12.1. The van der Waals surface area contributed by atoms with Crippen LogP contribution in [0.1, 0.15) is 29.6 Å². The smallest absolute Gasteiger partial charge is 0.251 e. The minimum absolute atomic E-state index is 0.147. The first-order chi connectivity index (χ1) is 8.25. The van der Waals surface area contributed by atoms with Crippen molar-refractivity contribution >= 4 is 5.91 Å². The second-order valence-corrected chi connectivity index (χ2v) is 4.38. The van der Waals surface area contributed by atoms with Crippen LogP contribution < -0.4 is 10.6 Å². The van der Waals surface area contributed by atoms with Crippen molar-refractivity contribution in [1.82, 2.24) is 10.6 Å². The lowest BCUT2D eigenvalue weighted by molar-refractivity contribution is 0.0935. The molecule has 0 aromatic heterocycles. The summed E-state index contributed by atoms with van der Waals surface area (Å²) in [4.78, 5) is 11.9. The Kier molecular flexibility index (Phi) is 4.09. The molecule has 1 aromatic carbocycles. The van der Waals surface area contributed by atoms with Crippen LogP contribution in [-0.4, -0.2) is 25.0 Å². The van der Waals surface area contributed by atoms with Crippen LogP contribution in [0.3, 0.4) is 0 Å². The number of hydrogen-bond donors (Lipinski definition) is 2. The summed E-state index contributed by atoms with van der Waals surface area (Å²) in [6.07, 6.45) is 3.24. The fraction of sp³-hybridized carbons (Fsp3) is 0.462. The predicted molar refractivity (Wildman–Crippen MR) is 64.4 cm³/mol. The summed E-state index contributed by atoms with van der Waals surface area (Å²) in [6, 6.07) is 5.93. The third-order valence-corrected chi connectivity index (χ3v) is 2.97. The van der Waals surface area contributed by atoms with Gasteiger partial charge in [-0.3, -0.25) is 4.79 Å². The van der Waals surface area contributed by atoms with Crippen LogP contribution in [0.25, 0.3) is 0 Å². The molecular weight excluding hydrogens is 219 g/mol. The molecule has 2 N–H and O–H groups in total. The Morgan fingerprint density at radius 3 is 3.12 bits per heavy atom. The molecule has 1 amide bonds. The average molecular weight is 236 g/mol. The first kappa shape index (κ1) is 12.0. The van der Waals surface area contributed by atoms with Gasteiger partial charge in [0.2, 0.25) is 0 Å². The molecule has 1 aromatic rings. The number of amides is 1. The fourth-order valence-electron chi connectivity index (χ4n) is 2.04. The van der Waals surface area contributed by atoms with E-state index in [1.807, 2.05) is 0 Å². The van der Waals surface area contributed by atoms with Crippen molar-refractivity contribution in [3.8, 4) is 0 Å². The van der Waals surface area contributed by atoms with E-state index in [-0.39, 0.29) is 17.8 Å². The van der Waals surface area contributed by atoms with Crippen LogP contribution in [0.2, 0.25) is 0 Å². The van der Waals surface area contributed by atoms with E-state index < -0.39 is 0 Å². The second kappa shape index (κ2) is 5.77. The summed E-state index contributed by atoms with van der Waals surface area (Å²) in [5, 5.41) is 6.21. The molecule has 17 heavy (non-hydrogen) atoms. The molecule has 1 aliphatic rings. The van der Waals surface area contributed by atoms with E-state index in [0.29, 0.717) is 5.56 Å². The van der Waals surface area contributed by atoms with Gasteiger partial charge in [-0.15, -0.1) is 0 Å². The summed E-state index contributed by atoms with van der Waals surface area (Å²) >= 11 is 0. The third-order valence-electron chi connectivity index (χ3n) is 2.97. The van der Waals surface area contributed by atoms with E-state index >= 15 is 0 Å². The summed E-state index contributed by atoms with van der Waals surface area (Å²) in [5.41, 5.74) is 0.384. The number of carbonyl (C=O) groups excluding carboxylic acids is 1. The Morgan fingerprint density at radius 1 is 1.41 bits per heavy atom. The van der Waals surface area contributed by atoms with Crippen molar-refractivity contribution in [3.63, 3.8) is 0 Å². The molecule has 1 aliphatic heterocycles. The van der Waals surface area contributed by atoms with E-state index in [1.165, 1.54) is 12.1 Å². The van der Waals surface area contributed by atoms with Crippen LogP contribution in [0.4, 0.5) is 4.39 Å². The summed E-state index contributed by atoms with van der Waals surface area (Å²) in [5.74, 6) is -0.574. The lowest BCUT2D eigenvalue weighted by Crippen LogP contribution is -2.40. The molecule has 0 aliphatic carbocycles. The van der Waals surface area contributed by atoms with Crippen LogP contribution >= 0.6 is 0 Å². The van der Waals surface area contributed by atoms with Crippen LogP contribution in [0, 0.1) is 5.82 Å². The van der Waals surface area contributed by atoms with Crippen molar-refractivity contribution in [3.05, 3.63) is 35.6 Å². The van der Waals surface area contributed by atoms with Crippen LogP contribution in [-0.2, 0) is 0 Å². The Labute approximate surface area is 100 Å². The SMILES string of the molecule is O=C(NC1CCCCNC1)c1cccc(F)c1. The van der Waals surface area contributed by atoms with Gasteiger partial charge in [0.15, 0.2) is 0 Å².